The van der Waals surface area contributed by atoms with Crippen LogP contribution in [0.2, 0.25) is 5.02 Å². The second kappa shape index (κ2) is 6.46. The Balaban J connectivity index is 0.00000156. The SMILES string of the molecule is CN1CCc2cc(Cl)c(O)cc2[C@H]2c3ccccc3CC[C@@H]21.[Br-]. The lowest BCUT2D eigenvalue weighted by Crippen LogP contribution is -3.00. The van der Waals surface area contributed by atoms with E-state index in [-0.39, 0.29) is 22.7 Å². The molecule has 0 fully saturated rings. The number of fused-ring (bicyclic) bond motifs is 5. The third-order valence-electron chi connectivity index (χ3n) is 5.33. The number of hydrogen-bond donors (Lipinski definition) is 1. The number of likely N-dealkylation sites (N-methyl/N-ethyl adjacent to an activating group) is 1. The van der Waals surface area contributed by atoms with Crippen molar-refractivity contribution in [2.45, 2.75) is 31.2 Å². The summed E-state index contributed by atoms with van der Waals surface area (Å²) < 4.78 is 0. The summed E-state index contributed by atoms with van der Waals surface area (Å²) in [6.45, 7) is 1.04. The highest BCUT2D eigenvalue weighted by atomic mass is 79.9. The number of nitrogens with zero attached hydrogens (tertiary/aromatic N) is 1. The number of phenols is 1. The molecule has 0 saturated heterocycles. The molecule has 1 aliphatic carbocycles. The third kappa shape index (κ3) is 2.79. The molecule has 2 aromatic carbocycles. The van der Waals surface area contributed by atoms with Crippen LogP contribution in [-0.4, -0.2) is 29.6 Å². The molecule has 0 saturated carbocycles. The van der Waals surface area contributed by atoms with Gasteiger partial charge in [-0.3, -0.25) is 0 Å². The molecule has 4 heteroatoms. The van der Waals surface area contributed by atoms with Crippen LogP contribution in [0.3, 0.4) is 0 Å². The van der Waals surface area contributed by atoms with Crippen molar-refractivity contribution >= 4 is 11.6 Å². The molecule has 2 aromatic rings. The van der Waals surface area contributed by atoms with Crippen molar-refractivity contribution in [1.29, 1.82) is 0 Å². The molecule has 4 rings (SSSR count). The fourth-order valence-corrected chi connectivity index (χ4v) is 4.37. The molecule has 0 unspecified atom stereocenters. The van der Waals surface area contributed by atoms with Crippen molar-refractivity contribution in [3.05, 3.63) is 63.7 Å². The number of benzene rings is 2. The van der Waals surface area contributed by atoms with Crippen molar-refractivity contribution < 1.29 is 22.1 Å². The summed E-state index contributed by atoms with van der Waals surface area (Å²) in [7, 11) is 2.22. The maximum atomic E-state index is 10.1. The molecule has 0 radical (unpaired) electrons. The van der Waals surface area contributed by atoms with E-state index in [2.05, 4.69) is 36.2 Å². The molecule has 0 aromatic heterocycles. The zero-order valence-electron chi connectivity index (χ0n) is 13.1. The highest BCUT2D eigenvalue weighted by molar-refractivity contribution is 6.32. The molecule has 2 atom stereocenters. The summed E-state index contributed by atoms with van der Waals surface area (Å²) in [5.74, 6) is 0.530. The molecular formula is C19H20BrClNO-. The average molecular weight is 394 g/mol. The van der Waals surface area contributed by atoms with E-state index in [9.17, 15) is 5.11 Å². The fourth-order valence-electron chi connectivity index (χ4n) is 4.18. The summed E-state index contributed by atoms with van der Waals surface area (Å²) >= 11 is 6.15. The van der Waals surface area contributed by atoms with Gasteiger partial charge in [0.1, 0.15) is 5.75 Å². The van der Waals surface area contributed by atoms with Crippen LogP contribution in [0.1, 0.15) is 34.6 Å². The Kier molecular flexibility index (Phi) is 4.73. The highest BCUT2D eigenvalue weighted by Crippen LogP contribution is 2.44. The van der Waals surface area contributed by atoms with Gasteiger partial charge in [0.15, 0.2) is 0 Å². The molecule has 23 heavy (non-hydrogen) atoms. The number of hydrogen-bond acceptors (Lipinski definition) is 2. The highest BCUT2D eigenvalue weighted by Gasteiger charge is 2.36. The first-order chi connectivity index (χ1) is 10.6. The monoisotopic (exact) mass is 392 g/mol. The summed E-state index contributed by atoms with van der Waals surface area (Å²) in [5.41, 5.74) is 5.39. The second-order valence-corrected chi connectivity index (χ2v) is 6.92. The molecule has 0 spiro atoms. The Labute approximate surface area is 152 Å². The van der Waals surface area contributed by atoms with Gasteiger partial charge >= 0.3 is 0 Å². The predicted molar refractivity (Wildman–Crippen MR) is 89.8 cm³/mol. The van der Waals surface area contributed by atoms with Gasteiger partial charge in [-0.25, -0.2) is 0 Å². The smallest absolute Gasteiger partial charge is 0.134 e. The van der Waals surface area contributed by atoms with Gasteiger partial charge in [0.2, 0.25) is 0 Å². The zero-order chi connectivity index (χ0) is 15.3. The largest absolute Gasteiger partial charge is 1.00 e. The van der Waals surface area contributed by atoms with Gasteiger partial charge in [-0.1, -0.05) is 35.9 Å². The van der Waals surface area contributed by atoms with Crippen LogP contribution in [-0.2, 0) is 12.8 Å². The molecule has 0 bridgehead atoms. The molecule has 2 nitrogen and oxygen atoms in total. The van der Waals surface area contributed by atoms with E-state index < -0.39 is 0 Å². The van der Waals surface area contributed by atoms with E-state index in [4.69, 9.17) is 11.6 Å². The Morgan fingerprint density at radius 3 is 2.70 bits per heavy atom. The van der Waals surface area contributed by atoms with Crippen LogP contribution < -0.4 is 17.0 Å². The Morgan fingerprint density at radius 2 is 1.87 bits per heavy atom. The second-order valence-electron chi connectivity index (χ2n) is 6.52. The van der Waals surface area contributed by atoms with Crippen LogP contribution in [0, 0.1) is 0 Å². The average Bonchev–Trinajstić information content (AvgIpc) is 2.66. The maximum Gasteiger partial charge on any atom is 0.134 e. The van der Waals surface area contributed by atoms with E-state index in [1.54, 1.807) is 0 Å². The standard InChI is InChI=1S/C19H20ClNO.BrH/c1-21-9-8-13-10-16(20)18(22)11-15(13)19-14-5-3-2-4-12(14)6-7-17(19)21;/h2-5,10-11,17,19,22H,6-9H2,1H3;1H/p-1/t17-,19+;/m0./s1. The Bertz CT molecular complexity index is 733. The van der Waals surface area contributed by atoms with Crippen LogP contribution in [0.15, 0.2) is 36.4 Å². The molecule has 1 aliphatic heterocycles. The molecule has 2 aliphatic rings. The summed E-state index contributed by atoms with van der Waals surface area (Å²) in [4.78, 5) is 2.48. The van der Waals surface area contributed by atoms with E-state index in [1.165, 1.54) is 28.7 Å². The van der Waals surface area contributed by atoms with Crippen LogP contribution in [0.4, 0.5) is 0 Å². The number of aromatic hydroxyl groups is 1. The van der Waals surface area contributed by atoms with Crippen molar-refractivity contribution in [2.75, 3.05) is 13.6 Å². The summed E-state index contributed by atoms with van der Waals surface area (Å²) in [5, 5.41) is 10.6. The third-order valence-corrected chi connectivity index (χ3v) is 5.63. The number of phenolic OH excluding ortho intramolecular Hbond substituents is 1. The van der Waals surface area contributed by atoms with Crippen molar-refractivity contribution in [3.63, 3.8) is 0 Å². The molecule has 0 amide bonds. The van der Waals surface area contributed by atoms with Gasteiger partial charge in [0.05, 0.1) is 5.02 Å². The molecule has 1 N–H and O–H groups in total. The molecule has 122 valence electrons. The van der Waals surface area contributed by atoms with E-state index in [0.717, 1.165) is 19.4 Å². The van der Waals surface area contributed by atoms with Crippen LogP contribution in [0.25, 0.3) is 0 Å². The van der Waals surface area contributed by atoms with E-state index >= 15 is 0 Å². The maximum absolute atomic E-state index is 10.1. The van der Waals surface area contributed by atoms with Gasteiger partial charge in [-0.15, -0.1) is 0 Å². The first-order valence-corrected chi connectivity index (χ1v) is 8.32. The van der Waals surface area contributed by atoms with Crippen molar-refractivity contribution in [2.24, 2.45) is 0 Å². The minimum atomic E-state index is 0. The van der Waals surface area contributed by atoms with E-state index in [0.29, 0.717) is 17.0 Å². The van der Waals surface area contributed by atoms with E-state index in [1.807, 2.05) is 12.1 Å². The topological polar surface area (TPSA) is 23.5 Å². The van der Waals surface area contributed by atoms with Gasteiger partial charge in [0, 0.05) is 18.5 Å². The quantitative estimate of drug-likeness (QED) is 0.721. The van der Waals surface area contributed by atoms with Crippen LogP contribution in [0.5, 0.6) is 5.75 Å². The Hall–Kier alpha value is -1.03. The van der Waals surface area contributed by atoms with Gasteiger partial charge < -0.3 is 27.0 Å². The lowest BCUT2D eigenvalue weighted by molar-refractivity contribution is -0.00000534. The predicted octanol–water partition coefficient (Wildman–Crippen LogP) is 0.984. The summed E-state index contributed by atoms with van der Waals surface area (Å²) in [6, 6.07) is 13.1. The number of rotatable bonds is 0. The molecular weight excluding hydrogens is 374 g/mol. The normalized spacial score (nSPS) is 23.0. The van der Waals surface area contributed by atoms with Gasteiger partial charge in [-0.05, 0) is 60.7 Å². The van der Waals surface area contributed by atoms with Gasteiger partial charge in [0.25, 0.3) is 0 Å². The van der Waals surface area contributed by atoms with Crippen molar-refractivity contribution in [1.82, 2.24) is 4.90 Å². The first-order valence-electron chi connectivity index (χ1n) is 7.94. The number of aryl methyl sites for hydroxylation is 1. The minimum Gasteiger partial charge on any atom is -1.00 e. The number of halogens is 2. The minimum absolute atomic E-state index is 0. The van der Waals surface area contributed by atoms with Crippen molar-refractivity contribution in [3.8, 4) is 5.75 Å². The zero-order valence-corrected chi connectivity index (χ0v) is 15.4. The fraction of sp³-hybridized carbons (Fsp3) is 0.368. The lowest BCUT2D eigenvalue weighted by Gasteiger charge is -2.38. The molecule has 1 heterocycles. The van der Waals surface area contributed by atoms with Crippen LogP contribution >= 0.6 is 11.6 Å². The lowest BCUT2D eigenvalue weighted by atomic mass is 9.74. The summed E-state index contributed by atoms with van der Waals surface area (Å²) in [6.07, 6.45) is 3.29. The first kappa shape index (κ1) is 16.8. The Morgan fingerprint density at radius 1 is 1.09 bits per heavy atom. The van der Waals surface area contributed by atoms with Gasteiger partial charge in [-0.2, -0.15) is 0 Å².